The molecular weight excluding hydrogens is 534 g/mol. The Kier molecular flexibility index (Phi) is 6.99. The van der Waals surface area contributed by atoms with Crippen LogP contribution in [-0.4, -0.2) is 38.8 Å². The van der Waals surface area contributed by atoms with E-state index in [1.165, 1.54) is 4.74 Å². The Balaban J connectivity index is 1.43. The van der Waals surface area contributed by atoms with Gasteiger partial charge in [-0.3, -0.25) is 14.4 Å². The third kappa shape index (κ3) is 5.01. The van der Waals surface area contributed by atoms with Gasteiger partial charge in [-0.05, 0) is 68.1 Å². The molecule has 4 heterocycles. The molecule has 0 saturated carbocycles. The largest absolute Gasteiger partial charge is 0.381 e. The van der Waals surface area contributed by atoms with Crippen molar-refractivity contribution in [3.63, 3.8) is 0 Å². The van der Waals surface area contributed by atoms with Gasteiger partial charge in [0.05, 0.1) is 17.2 Å². The van der Waals surface area contributed by atoms with Gasteiger partial charge in [-0.25, -0.2) is 4.98 Å². The van der Waals surface area contributed by atoms with Crippen LogP contribution >= 0.6 is 0 Å². The van der Waals surface area contributed by atoms with E-state index in [1.807, 2.05) is 37.3 Å². The molecule has 0 spiro atoms. The average molecular weight is 566 g/mol. The second kappa shape index (κ2) is 10.8. The number of carbonyl (C=O) groups excluding carboxylic acids is 2. The number of aromatic nitrogens is 3. The van der Waals surface area contributed by atoms with Crippen LogP contribution in [0.1, 0.15) is 45.1 Å². The summed E-state index contributed by atoms with van der Waals surface area (Å²) in [5.41, 5.74) is 10.8. The van der Waals surface area contributed by atoms with E-state index in [0.717, 1.165) is 41.7 Å². The molecule has 0 bridgehead atoms. The Bertz CT molecular complexity index is 1890. The number of hydrogen-bond donors (Lipinski definition) is 2. The van der Waals surface area contributed by atoms with Crippen LogP contribution in [-0.2, 0) is 18.3 Å². The van der Waals surface area contributed by atoms with E-state index in [4.69, 9.17) is 15.0 Å². The van der Waals surface area contributed by atoms with Gasteiger partial charge in [0, 0.05) is 48.2 Å². The Labute approximate surface area is 241 Å². The van der Waals surface area contributed by atoms with Gasteiger partial charge in [-0.15, -0.1) is 0 Å². The summed E-state index contributed by atoms with van der Waals surface area (Å²) >= 11 is 0. The minimum absolute atomic E-state index is 0.171. The van der Waals surface area contributed by atoms with Crippen LogP contribution in [0.15, 0.2) is 70.0 Å². The number of nitrogens with zero attached hydrogens (tertiary/aromatic N) is 3. The number of aryl methyl sites for hydroxylation is 4. The maximum absolute atomic E-state index is 13.7. The maximum Gasteiger partial charge on any atom is 0.290 e. The SMILES string of the molecule is Cc1cc2cc(-c3ccc(-c4c(C)on(C)c4=O)cc3)n(CCC3CCO3)c2c(C(=O)Nc2cccc(C(N)=O)c2)n1. The molecule has 2 amide bonds. The van der Waals surface area contributed by atoms with Gasteiger partial charge in [0.2, 0.25) is 5.91 Å². The van der Waals surface area contributed by atoms with Gasteiger partial charge in [-0.2, -0.15) is 4.74 Å². The summed E-state index contributed by atoms with van der Waals surface area (Å²) in [5, 5.41) is 3.77. The van der Waals surface area contributed by atoms with Crippen LogP contribution < -0.4 is 16.6 Å². The predicted octanol–water partition coefficient (Wildman–Crippen LogP) is 4.81. The Morgan fingerprint density at radius 1 is 1.07 bits per heavy atom. The Hall–Kier alpha value is -4.96. The minimum Gasteiger partial charge on any atom is -0.381 e. The highest BCUT2D eigenvalue weighted by molar-refractivity contribution is 6.12. The lowest BCUT2D eigenvalue weighted by molar-refractivity contribution is -0.0562. The van der Waals surface area contributed by atoms with E-state index in [9.17, 15) is 14.4 Å². The lowest BCUT2D eigenvalue weighted by Crippen LogP contribution is -2.28. The zero-order chi connectivity index (χ0) is 29.5. The minimum atomic E-state index is -0.576. The van der Waals surface area contributed by atoms with E-state index in [-0.39, 0.29) is 17.4 Å². The maximum atomic E-state index is 13.7. The Morgan fingerprint density at radius 3 is 2.45 bits per heavy atom. The summed E-state index contributed by atoms with van der Waals surface area (Å²) in [7, 11) is 1.59. The van der Waals surface area contributed by atoms with Gasteiger partial charge in [0.1, 0.15) is 5.76 Å². The van der Waals surface area contributed by atoms with Crippen molar-refractivity contribution >= 4 is 28.4 Å². The standard InChI is InChI=1S/C32H31N5O5/c1-18-15-23-17-26(20-7-9-21(10-8-20)27-19(2)42-36(3)32(27)40)37(13-11-25-12-14-41-25)29(23)28(34-18)31(39)35-24-6-4-5-22(16-24)30(33)38/h4-10,15-17,25H,11-14H2,1-3H3,(H2,33,38)(H,35,39). The van der Waals surface area contributed by atoms with Crippen molar-refractivity contribution in [2.24, 2.45) is 12.8 Å². The van der Waals surface area contributed by atoms with Gasteiger partial charge in [-0.1, -0.05) is 30.3 Å². The molecular formula is C32H31N5O5. The number of hydrogen-bond acceptors (Lipinski definition) is 6. The molecule has 10 nitrogen and oxygen atoms in total. The smallest absolute Gasteiger partial charge is 0.290 e. The summed E-state index contributed by atoms with van der Waals surface area (Å²) < 4.78 is 14.5. The van der Waals surface area contributed by atoms with E-state index in [2.05, 4.69) is 20.9 Å². The number of benzene rings is 2. The first-order chi connectivity index (χ1) is 20.2. The molecule has 1 saturated heterocycles. The van der Waals surface area contributed by atoms with Crippen LogP contribution in [0.4, 0.5) is 5.69 Å². The monoisotopic (exact) mass is 565 g/mol. The van der Waals surface area contributed by atoms with Gasteiger partial charge in [0.15, 0.2) is 5.69 Å². The van der Waals surface area contributed by atoms with Crippen molar-refractivity contribution in [2.75, 3.05) is 11.9 Å². The van der Waals surface area contributed by atoms with Crippen molar-refractivity contribution in [3.05, 3.63) is 93.7 Å². The molecule has 1 aliphatic rings. The number of pyridine rings is 1. The summed E-state index contributed by atoms with van der Waals surface area (Å²) in [4.78, 5) is 42.6. The molecule has 0 aliphatic carbocycles. The molecule has 6 rings (SSSR count). The zero-order valence-corrected chi connectivity index (χ0v) is 23.6. The van der Waals surface area contributed by atoms with Crippen molar-refractivity contribution in [1.82, 2.24) is 14.3 Å². The molecule has 42 heavy (non-hydrogen) atoms. The van der Waals surface area contributed by atoms with Crippen LogP contribution in [0.3, 0.4) is 0 Å². The number of nitrogens with two attached hydrogens (primary N) is 1. The van der Waals surface area contributed by atoms with Crippen molar-refractivity contribution in [2.45, 2.75) is 39.3 Å². The topological polar surface area (TPSA) is 134 Å². The number of rotatable bonds is 8. The van der Waals surface area contributed by atoms with Gasteiger partial charge in [0.25, 0.3) is 11.5 Å². The lowest BCUT2D eigenvalue weighted by atomic mass is 10.0. The second-order valence-electron chi connectivity index (χ2n) is 10.6. The molecule has 2 aromatic carbocycles. The molecule has 5 aromatic rings. The van der Waals surface area contributed by atoms with E-state index in [0.29, 0.717) is 40.3 Å². The summed E-state index contributed by atoms with van der Waals surface area (Å²) in [6.07, 6.45) is 1.96. The van der Waals surface area contributed by atoms with Crippen LogP contribution in [0.5, 0.6) is 0 Å². The summed E-state index contributed by atoms with van der Waals surface area (Å²) in [5.74, 6) is -0.408. The Morgan fingerprint density at radius 2 is 1.81 bits per heavy atom. The first-order valence-corrected chi connectivity index (χ1v) is 13.8. The molecule has 1 atom stereocenters. The molecule has 3 aromatic heterocycles. The van der Waals surface area contributed by atoms with Crippen LogP contribution in [0.25, 0.3) is 33.3 Å². The highest BCUT2D eigenvalue weighted by atomic mass is 16.5. The van der Waals surface area contributed by atoms with Crippen molar-refractivity contribution < 1.29 is 18.8 Å². The number of ether oxygens (including phenoxy) is 1. The number of carbonyl (C=O) groups is 2. The molecule has 1 aliphatic heterocycles. The first kappa shape index (κ1) is 27.2. The fourth-order valence-corrected chi connectivity index (χ4v) is 5.52. The quantitative estimate of drug-likeness (QED) is 0.277. The molecule has 1 fully saturated rings. The van der Waals surface area contributed by atoms with E-state index < -0.39 is 11.8 Å². The molecule has 0 radical (unpaired) electrons. The zero-order valence-electron chi connectivity index (χ0n) is 23.6. The number of nitrogens with one attached hydrogen (secondary N) is 1. The van der Waals surface area contributed by atoms with E-state index in [1.54, 1.807) is 38.2 Å². The highest BCUT2D eigenvalue weighted by Crippen LogP contribution is 2.33. The van der Waals surface area contributed by atoms with Crippen LogP contribution in [0.2, 0.25) is 0 Å². The van der Waals surface area contributed by atoms with Gasteiger partial charge < -0.3 is 24.9 Å². The third-order valence-corrected chi connectivity index (χ3v) is 7.69. The number of primary amides is 1. The highest BCUT2D eigenvalue weighted by Gasteiger charge is 2.24. The van der Waals surface area contributed by atoms with Crippen LogP contribution in [0, 0.1) is 13.8 Å². The number of fused-ring (bicyclic) bond motifs is 1. The summed E-state index contributed by atoms with van der Waals surface area (Å²) in [6.45, 7) is 5.01. The van der Waals surface area contributed by atoms with E-state index >= 15 is 0 Å². The fourth-order valence-electron chi connectivity index (χ4n) is 5.52. The molecule has 1 unspecified atom stereocenters. The normalized spacial score (nSPS) is 14.6. The first-order valence-electron chi connectivity index (χ1n) is 13.8. The molecule has 214 valence electrons. The van der Waals surface area contributed by atoms with Crippen molar-refractivity contribution in [3.8, 4) is 22.4 Å². The van der Waals surface area contributed by atoms with Crippen molar-refractivity contribution in [1.29, 1.82) is 0 Å². The lowest BCUT2D eigenvalue weighted by Gasteiger charge is -2.27. The molecule has 10 heteroatoms. The molecule has 3 N–H and O–H groups in total. The average Bonchev–Trinajstić information content (AvgIpc) is 3.42. The number of amides is 2. The second-order valence-corrected chi connectivity index (χ2v) is 10.6. The predicted molar refractivity (Wildman–Crippen MR) is 159 cm³/mol. The van der Waals surface area contributed by atoms with Gasteiger partial charge >= 0.3 is 0 Å². The number of anilines is 1. The summed E-state index contributed by atoms with van der Waals surface area (Å²) in [6, 6.07) is 18.3. The fraction of sp³-hybridized carbons (Fsp3) is 0.250. The third-order valence-electron chi connectivity index (χ3n) is 7.69.